The molecule has 0 aromatic carbocycles. The fourth-order valence-corrected chi connectivity index (χ4v) is 2.41. The van der Waals surface area contributed by atoms with Crippen LogP contribution >= 0.6 is 0 Å². The molecule has 0 radical (unpaired) electrons. The molecule has 5 heteroatoms. The molecule has 1 N–H and O–H groups in total. The van der Waals surface area contributed by atoms with Crippen LogP contribution in [0.3, 0.4) is 0 Å². The number of nitrogens with one attached hydrogen (secondary N) is 1. The average molecular weight is 246 g/mol. The smallest absolute Gasteiger partial charge is 0.223 e. The lowest BCUT2D eigenvalue weighted by molar-refractivity contribution is 0.386. The van der Waals surface area contributed by atoms with Crippen LogP contribution in [0.5, 0.6) is 0 Å². The molecule has 1 aliphatic carbocycles. The molecule has 1 unspecified atom stereocenters. The number of nitrogens with zero attached hydrogens (tertiary/aromatic N) is 3. The highest BCUT2D eigenvalue weighted by Crippen LogP contribution is 2.40. The van der Waals surface area contributed by atoms with E-state index in [-0.39, 0.29) is 0 Å². The minimum absolute atomic E-state index is 0.484. The van der Waals surface area contributed by atoms with E-state index in [1.54, 1.807) is 0 Å². The van der Waals surface area contributed by atoms with Gasteiger partial charge < -0.3 is 14.4 Å². The van der Waals surface area contributed by atoms with Gasteiger partial charge in [0, 0.05) is 25.4 Å². The Labute approximate surface area is 106 Å². The molecule has 0 spiro atoms. The summed E-state index contributed by atoms with van der Waals surface area (Å²) in [5, 5.41) is 7.31. The summed E-state index contributed by atoms with van der Waals surface area (Å²) in [6, 6.07) is 2.66. The van der Waals surface area contributed by atoms with Gasteiger partial charge in [0.05, 0.1) is 6.54 Å². The normalized spacial score (nSPS) is 17.0. The van der Waals surface area contributed by atoms with E-state index < -0.39 is 0 Å². The number of hydrogen-bond acceptors (Lipinski definition) is 4. The largest absolute Gasteiger partial charge is 0.346 e. The van der Waals surface area contributed by atoms with Crippen molar-refractivity contribution < 1.29 is 4.52 Å². The molecule has 0 aliphatic heterocycles. The standard InChI is InChI=1S/C13H18N4O/c1-9-15-12(16-18-9)8-17-6-5-11(7-17)13(14-2)10-3-4-10/h5-7,10,13-14H,3-4,8H2,1-2H3. The maximum atomic E-state index is 4.97. The molecular formula is C13H18N4O. The highest BCUT2D eigenvalue weighted by molar-refractivity contribution is 5.18. The number of aryl methyl sites for hydroxylation is 1. The van der Waals surface area contributed by atoms with Crippen LogP contribution in [0, 0.1) is 12.8 Å². The first-order chi connectivity index (χ1) is 8.76. The number of hydrogen-bond donors (Lipinski definition) is 1. The van der Waals surface area contributed by atoms with Crippen LogP contribution in [-0.4, -0.2) is 21.8 Å². The zero-order chi connectivity index (χ0) is 12.5. The van der Waals surface area contributed by atoms with Crippen molar-refractivity contribution in [1.29, 1.82) is 0 Å². The van der Waals surface area contributed by atoms with E-state index in [0.29, 0.717) is 18.5 Å². The van der Waals surface area contributed by atoms with E-state index in [9.17, 15) is 0 Å². The second-order valence-corrected chi connectivity index (χ2v) is 4.95. The van der Waals surface area contributed by atoms with Crippen molar-refractivity contribution >= 4 is 0 Å². The van der Waals surface area contributed by atoms with E-state index in [1.807, 2.05) is 14.0 Å². The van der Waals surface area contributed by atoms with Crippen molar-refractivity contribution in [2.24, 2.45) is 5.92 Å². The Morgan fingerprint density at radius 2 is 2.39 bits per heavy atom. The highest BCUT2D eigenvalue weighted by atomic mass is 16.5. The third kappa shape index (κ3) is 2.31. The van der Waals surface area contributed by atoms with E-state index in [1.165, 1.54) is 18.4 Å². The van der Waals surface area contributed by atoms with E-state index >= 15 is 0 Å². The van der Waals surface area contributed by atoms with Gasteiger partial charge in [-0.1, -0.05) is 5.16 Å². The van der Waals surface area contributed by atoms with Crippen molar-refractivity contribution in [1.82, 2.24) is 20.0 Å². The molecule has 2 heterocycles. The van der Waals surface area contributed by atoms with Crippen molar-refractivity contribution in [2.75, 3.05) is 7.05 Å². The fourth-order valence-electron chi connectivity index (χ4n) is 2.41. The number of rotatable bonds is 5. The summed E-state index contributed by atoms with van der Waals surface area (Å²) in [4.78, 5) is 4.21. The Morgan fingerprint density at radius 3 is 3.00 bits per heavy atom. The third-order valence-electron chi connectivity index (χ3n) is 3.43. The Kier molecular flexibility index (Phi) is 2.91. The summed E-state index contributed by atoms with van der Waals surface area (Å²) in [5.74, 6) is 2.14. The van der Waals surface area contributed by atoms with Gasteiger partial charge in [-0.25, -0.2) is 0 Å². The lowest BCUT2D eigenvalue weighted by atomic mass is 10.1. The molecule has 1 fully saturated rings. The summed E-state index contributed by atoms with van der Waals surface area (Å²) in [6.07, 6.45) is 6.92. The van der Waals surface area contributed by atoms with Gasteiger partial charge in [-0.2, -0.15) is 4.98 Å². The van der Waals surface area contributed by atoms with E-state index in [4.69, 9.17) is 4.52 Å². The molecule has 2 aromatic heterocycles. The average Bonchev–Trinajstić information content (AvgIpc) is 2.94. The predicted octanol–water partition coefficient (Wildman–Crippen LogP) is 1.90. The van der Waals surface area contributed by atoms with Crippen molar-refractivity contribution in [3.8, 4) is 0 Å². The maximum absolute atomic E-state index is 4.97. The molecule has 1 aliphatic rings. The lowest BCUT2D eigenvalue weighted by Crippen LogP contribution is -2.17. The molecule has 5 nitrogen and oxygen atoms in total. The van der Waals surface area contributed by atoms with Gasteiger partial charge in [0.25, 0.3) is 0 Å². The summed E-state index contributed by atoms with van der Waals surface area (Å²) in [7, 11) is 2.03. The Hall–Kier alpha value is -1.62. The second-order valence-electron chi connectivity index (χ2n) is 4.95. The van der Waals surface area contributed by atoms with Crippen LogP contribution in [0.4, 0.5) is 0 Å². The minimum Gasteiger partial charge on any atom is -0.346 e. The molecule has 2 aromatic rings. The number of aromatic nitrogens is 3. The van der Waals surface area contributed by atoms with Gasteiger partial charge in [-0.05, 0) is 37.4 Å². The van der Waals surface area contributed by atoms with Crippen LogP contribution in [0.25, 0.3) is 0 Å². The monoisotopic (exact) mass is 246 g/mol. The molecule has 0 amide bonds. The quantitative estimate of drug-likeness (QED) is 0.875. The van der Waals surface area contributed by atoms with Gasteiger partial charge >= 0.3 is 0 Å². The van der Waals surface area contributed by atoms with Crippen LogP contribution < -0.4 is 5.32 Å². The molecule has 18 heavy (non-hydrogen) atoms. The first kappa shape index (κ1) is 11.5. The maximum Gasteiger partial charge on any atom is 0.223 e. The zero-order valence-corrected chi connectivity index (χ0v) is 10.8. The predicted molar refractivity (Wildman–Crippen MR) is 67.1 cm³/mol. The van der Waals surface area contributed by atoms with Crippen molar-refractivity contribution in [3.05, 3.63) is 35.7 Å². The first-order valence-electron chi connectivity index (χ1n) is 6.38. The molecule has 1 atom stereocenters. The molecule has 0 bridgehead atoms. The van der Waals surface area contributed by atoms with Gasteiger partial charge in [0.2, 0.25) is 5.89 Å². The van der Waals surface area contributed by atoms with Gasteiger partial charge in [0.1, 0.15) is 0 Å². The Bertz CT molecular complexity index is 527. The van der Waals surface area contributed by atoms with Crippen LogP contribution in [0.1, 0.15) is 36.2 Å². The fraction of sp³-hybridized carbons (Fsp3) is 0.538. The summed E-state index contributed by atoms with van der Waals surface area (Å²) < 4.78 is 7.08. The first-order valence-corrected chi connectivity index (χ1v) is 6.38. The van der Waals surface area contributed by atoms with E-state index in [2.05, 4.69) is 38.5 Å². The minimum atomic E-state index is 0.484. The molecule has 1 saturated carbocycles. The van der Waals surface area contributed by atoms with Gasteiger partial charge in [0.15, 0.2) is 5.82 Å². The molecule has 3 rings (SSSR count). The Morgan fingerprint density at radius 1 is 1.56 bits per heavy atom. The second kappa shape index (κ2) is 4.57. The highest BCUT2D eigenvalue weighted by Gasteiger charge is 2.31. The van der Waals surface area contributed by atoms with E-state index in [0.717, 1.165) is 11.7 Å². The summed E-state index contributed by atoms with van der Waals surface area (Å²) in [6.45, 7) is 2.47. The lowest BCUT2D eigenvalue weighted by Gasteiger charge is -2.13. The van der Waals surface area contributed by atoms with Crippen LogP contribution in [0.15, 0.2) is 23.0 Å². The Balaban J connectivity index is 1.72. The zero-order valence-electron chi connectivity index (χ0n) is 10.8. The van der Waals surface area contributed by atoms with Gasteiger partial charge in [-0.15, -0.1) is 0 Å². The molecular weight excluding hydrogens is 228 g/mol. The molecule has 96 valence electrons. The SMILES string of the molecule is CNC(c1ccn(Cc2noc(C)n2)c1)C1CC1. The van der Waals surface area contributed by atoms with Crippen molar-refractivity contribution in [2.45, 2.75) is 32.4 Å². The third-order valence-corrected chi connectivity index (χ3v) is 3.43. The van der Waals surface area contributed by atoms with Crippen LogP contribution in [0.2, 0.25) is 0 Å². The van der Waals surface area contributed by atoms with Crippen molar-refractivity contribution in [3.63, 3.8) is 0 Å². The topological polar surface area (TPSA) is 55.9 Å². The summed E-state index contributed by atoms with van der Waals surface area (Å²) >= 11 is 0. The summed E-state index contributed by atoms with van der Waals surface area (Å²) in [5.41, 5.74) is 1.35. The molecule has 0 saturated heterocycles. The van der Waals surface area contributed by atoms with Crippen LogP contribution in [-0.2, 0) is 6.54 Å². The van der Waals surface area contributed by atoms with Gasteiger partial charge in [-0.3, -0.25) is 0 Å².